The van der Waals surface area contributed by atoms with Crippen LogP contribution in [0.5, 0.6) is 11.6 Å². The Kier molecular flexibility index (Phi) is 6.10. The van der Waals surface area contributed by atoms with Crippen LogP contribution in [0.1, 0.15) is 13.3 Å². The normalized spacial score (nSPS) is 11.1. The highest BCUT2D eigenvalue weighted by atomic mass is 32.2. The predicted octanol–water partition coefficient (Wildman–Crippen LogP) is 3.74. The summed E-state index contributed by atoms with van der Waals surface area (Å²) in [5.41, 5.74) is 1.79. The standard InChI is InChI=1S/C20H21N3O4S/c1-3-13-27-20-12-11-19(21-22-20)15-5-4-6-16(14-15)23-28(24,25)18-9-7-17(26-2)8-10-18/h4-12,14,23H,3,13H2,1-2H3. The second kappa shape index (κ2) is 8.71. The van der Waals surface area contributed by atoms with Crippen molar-refractivity contribution in [1.29, 1.82) is 0 Å². The molecule has 0 amide bonds. The molecule has 1 heterocycles. The van der Waals surface area contributed by atoms with Crippen molar-refractivity contribution in [2.24, 2.45) is 0 Å². The first-order valence-corrected chi connectivity index (χ1v) is 10.2. The van der Waals surface area contributed by atoms with Crippen LogP contribution in [-0.4, -0.2) is 32.3 Å². The van der Waals surface area contributed by atoms with Gasteiger partial charge in [-0.05, 0) is 48.9 Å². The summed E-state index contributed by atoms with van der Waals surface area (Å²) >= 11 is 0. The molecule has 0 bridgehead atoms. The summed E-state index contributed by atoms with van der Waals surface area (Å²) in [5.74, 6) is 1.05. The van der Waals surface area contributed by atoms with Gasteiger partial charge in [0.25, 0.3) is 10.0 Å². The first-order valence-electron chi connectivity index (χ1n) is 8.75. The summed E-state index contributed by atoms with van der Waals surface area (Å²) in [4.78, 5) is 0.149. The lowest BCUT2D eigenvalue weighted by molar-refractivity contribution is 0.302. The fourth-order valence-corrected chi connectivity index (χ4v) is 3.52. The number of rotatable bonds is 8. The minimum absolute atomic E-state index is 0.149. The van der Waals surface area contributed by atoms with Crippen molar-refractivity contribution in [2.75, 3.05) is 18.4 Å². The van der Waals surface area contributed by atoms with Crippen LogP contribution in [-0.2, 0) is 10.0 Å². The highest BCUT2D eigenvalue weighted by molar-refractivity contribution is 7.92. The number of methoxy groups -OCH3 is 1. The van der Waals surface area contributed by atoms with Crippen LogP contribution in [0.25, 0.3) is 11.3 Å². The molecule has 0 fully saturated rings. The number of benzene rings is 2. The third-order valence-corrected chi connectivity index (χ3v) is 5.27. The van der Waals surface area contributed by atoms with E-state index in [1.54, 1.807) is 42.5 Å². The summed E-state index contributed by atoms with van der Waals surface area (Å²) in [6.45, 7) is 2.59. The number of ether oxygens (including phenoxy) is 2. The van der Waals surface area contributed by atoms with Gasteiger partial charge in [-0.1, -0.05) is 19.1 Å². The maximum Gasteiger partial charge on any atom is 0.261 e. The number of anilines is 1. The van der Waals surface area contributed by atoms with Crippen LogP contribution in [0.2, 0.25) is 0 Å². The van der Waals surface area contributed by atoms with Gasteiger partial charge in [0.15, 0.2) is 0 Å². The zero-order chi connectivity index (χ0) is 20.0. The first kappa shape index (κ1) is 19.6. The Labute approximate surface area is 164 Å². The van der Waals surface area contributed by atoms with Gasteiger partial charge in [-0.15, -0.1) is 10.2 Å². The number of sulfonamides is 1. The van der Waals surface area contributed by atoms with Gasteiger partial charge in [0.2, 0.25) is 5.88 Å². The van der Waals surface area contributed by atoms with Gasteiger partial charge in [-0.3, -0.25) is 4.72 Å². The van der Waals surface area contributed by atoms with Crippen LogP contribution in [0.3, 0.4) is 0 Å². The SMILES string of the molecule is CCCOc1ccc(-c2cccc(NS(=O)(=O)c3ccc(OC)cc3)c2)nn1. The van der Waals surface area contributed by atoms with E-state index in [0.717, 1.165) is 12.0 Å². The summed E-state index contributed by atoms with van der Waals surface area (Å²) in [6, 6.07) is 16.7. The molecule has 0 radical (unpaired) electrons. The Bertz CT molecular complexity index is 1020. The van der Waals surface area contributed by atoms with E-state index in [1.807, 2.05) is 13.0 Å². The van der Waals surface area contributed by atoms with Crippen LogP contribution in [0, 0.1) is 0 Å². The quantitative estimate of drug-likeness (QED) is 0.620. The minimum Gasteiger partial charge on any atom is -0.497 e. The fourth-order valence-electron chi connectivity index (χ4n) is 2.47. The molecule has 0 spiro atoms. The second-order valence-corrected chi connectivity index (χ2v) is 7.65. The van der Waals surface area contributed by atoms with Gasteiger partial charge in [0, 0.05) is 17.3 Å². The average Bonchev–Trinajstić information content (AvgIpc) is 2.72. The van der Waals surface area contributed by atoms with Gasteiger partial charge in [0.05, 0.1) is 24.3 Å². The summed E-state index contributed by atoms with van der Waals surface area (Å²) in [7, 11) is -2.19. The van der Waals surface area contributed by atoms with Crippen molar-refractivity contribution >= 4 is 15.7 Å². The van der Waals surface area contributed by atoms with Crippen LogP contribution in [0.15, 0.2) is 65.6 Å². The fraction of sp³-hybridized carbons (Fsp3) is 0.200. The van der Waals surface area contributed by atoms with E-state index in [4.69, 9.17) is 9.47 Å². The zero-order valence-corrected chi connectivity index (χ0v) is 16.4. The van der Waals surface area contributed by atoms with Crippen LogP contribution < -0.4 is 14.2 Å². The van der Waals surface area contributed by atoms with Crippen molar-refractivity contribution in [3.05, 3.63) is 60.7 Å². The van der Waals surface area contributed by atoms with E-state index in [-0.39, 0.29) is 4.90 Å². The maximum atomic E-state index is 12.6. The Morgan fingerprint density at radius 3 is 2.43 bits per heavy atom. The molecule has 3 aromatic rings. The maximum absolute atomic E-state index is 12.6. The molecule has 7 nitrogen and oxygen atoms in total. The molecule has 28 heavy (non-hydrogen) atoms. The van der Waals surface area contributed by atoms with E-state index in [0.29, 0.717) is 29.6 Å². The average molecular weight is 399 g/mol. The molecule has 0 saturated heterocycles. The summed E-state index contributed by atoms with van der Waals surface area (Å²) < 4.78 is 38.3. The molecule has 1 aromatic heterocycles. The minimum atomic E-state index is -3.72. The molecular formula is C20H21N3O4S. The van der Waals surface area contributed by atoms with E-state index in [9.17, 15) is 8.42 Å². The largest absolute Gasteiger partial charge is 0.497 e. The summed E-state index contributed by atoms with van der Waals surface area (Å²) in [5, 5.41) is 8.19. The van der Waals surface area contributed by atoms with Crippen LogP contribution in [0.4, 0.5) is 5.69 Å². The van der Waals surface area contributed by atoms with E-state index in [1.165, 1.54) is 19.2 Å². The number of aromatic nitrogens is 2. The number of hydrogen-bond donors (Lipinski definition) is 1. The first-order chi connectivity index (χ1) is 13.5. The Balaban J connectivity index is 1.78. The third-order valence-electron chi connectivity index (χ3n) is 3.87. The predicted molar refractivity (Wildman–Crippen MR) is 107 cm³/mol. The number of nitrogens with one attached hydrogen (secondary N) is 1. The molecule has 0 aliphatic carbocycles. The molecule has 0 atom stereocenters. The van der Waals surface area contributed by atoms with Gasteiger partial charge >= 0.3 is 0 Å². The lowest BCUT2D eigenvalue weighted by Gasteiger charge is -2.10. The molecule has 1 N–H and O–H groups in total. The van der Waals surface area contributed by atoms with E-state index >= 15 is 0 Å². The molecule has 146 valence electrons. The molecule has 2 aromatic carbocycles. The number of nitrogens with zero attached hydrogens (tertiary/aromatic N) is 2. The van der Waals surface area contributed by atoms with E-state index in [2.05, 4.69) is 14.9 Å². The van der Waals surface area contributed by atoms with Crippen molar-refractivity contribution in [1.82, 2.24) is 10.2 Å². The highest BCUT2D eigenvalue weighted by Gasteiger charge is 2.15. The molecular weight excluding hydrogens is 378 g/mol. The lowest BCUT2D eigenvalue weighted by atomic mass is 10.1. The lowest BCUT2D eigenvalue weighted by Crippen LogP contribution is -2.12. The molecule has 3 rings (SSSR count). The topological polar surface area (TPSA) is 90.4 Å². The highest BCUT2D eigenvalue weighted by Crippen LogP contribution is 2.24. The molecule has 8 heteroatoms. The monoisotopic (exact) mass is 399 g/mol. The van der Waals surface area contributed by atoms with E-state index < -0.39 is 10.0 Å². The molecule has 0 aliphatic rings. The molecule has 0 unspecified atom stereocenters. The van der Waals surface area contributed by atoms with Crippen molar-refractivity contribution in [2.45, 2.75) is 18.2 Å². The second-order valence-electron chi connectivity index (χ2n) is 5.97. The number of hydrogen-bond acceptors (Lipinski definition) is 6. The van der Waals surface area contributed by atoms with Gasteiger partial charge < -0.3 is 9.47 Å². The Morgan fingerprint density at radius 1 is 1.00 bits per heavy atom. The Morgan fingerprint density at radius 2 is 1.79 bits per heavy atom. The Hall–Kier alpha value is -3.13. The zero-order valence-electron chi connectivity index (χ0n) is 15.6. The summed E-state index contributed by atoms with van der Waals surface area (Å²) in [6.07, 6.45) is 0.889. The van der Waals surface area contributed by atoms with Crippen molar-refractivity contribution in [3.8, 4) is 22.9 Å². The smallest absolute Gasteiger partial charge is 0.261 e. The van der Waals surface area contributed by atoms with Gasteiger partial charge in [-0.2, -0.15) is 0 Å². The van der Waals surface area contributed by atoms with Gasteiger partial charge in [0.1, 0.15) is 5.75 Å². The van der Waals surface area contributed by atoms with Crippen molar-refractivity contribution in [3.63, 3.8) is 0 Å². The third kappa shape index (κ3) is 4.77. The van der Waals surface area contributed by atoms with Crippen LogP contribution >= 0.6 is 0 Å². The molecule has 0 saturated carbocycles. The van der Waals surface area contributed by atoms with Crippen molar-refractivity contribution < 1.29 is 17.9 Å². The molecule has 0 aliphatic heterocycles. The van der Waals surface area contributed by atoms with Gasteiger partial charge in [-0.25, -0.2) is 8.42 Å².